The number of amides is 1. The fourth-order valence-electron chi connectivity index (χ4n) is 2.81. The number of sulfonamides is 1. The highest BCUT2D eigenvalue weighted by atomic mass is 32.2. The van der Waals surface area contributed by atoms with Gasteiger partial charge in [-0.1, -0.05) is 13.3 Å². The van der Waals surface area contributed by atoms with E-state index in [9.17, 15) is 13.2 Å². The lowest BCUT2D eigenvalue weighted by atomic mass is 10.1. The average molecular weight is 324 g/mol. The maximum Gasteiger partial charge on any atom is 0.240 e. The zero-order valence-corrected chi connectivity index (χ0v) is 14.2. The highest BCUT2D eigenvalue weighted by molar-refractivity contribution is 7.89. The molecule has 122 valence electrons. The van der Waals surface area contributed by atoms with Crippen molar-refractivity contribution in [2.45, 2.75) is 56.9 Å². The SMILES string of the molecule is CCC[C@H](C)NS(=O)(=O)c1ccc2c(c1)CCCC(=O)N2C. The largest absolute Gasteiger partial charge is 0.315 e. The van der Waals surface area contributed by atoms with Gasteiger partial charge in [-0.2, -0.15) is 0 Å². The molecule has 0 spiro atoms. The molecule has 0 saturated carbocycles. The van der Waals surface area contributed by atoms with Crippen molar-refractivity contribution in [3.05, 3.63) is 23.8 Å². The molecule has 0 saturated heterocycles. The van der Waals surface area contributed by atoms with E-state index in [0.29, 0.717) is 6.42 Å². The molecule has 1 heterocycles. The number of carbonyl (C=O) groups is 1. The summed E-state index contributed by atoms with van der Waals surface area (Å²) in [5, 5.41) is 0. The molecule has 1 N–H and O–H groups in total. The molecule has 1 atom stereocenters. The maximum absolute atomic E-state index is 12.4. The van der Waals surface area contributed by atoms with Crippen molar-refractivity contribution in [1.29, 1.82) is 0 Å². The van der Waals surface area contributed by atoms with Crippen molar-refractivity contribution in [2.24, 2.45) is 0 Å². The van der Waals surface area contributed by atoms with E-state index < -0.39 is 10.0 Å². The molecule has 0 aromatic heterocycles. The van der Waals surface area contributed by atoms with Crippen molar-refractivity contribution >= 4 is 21.6 Å². The molecule has 22 heavy (non-hydrogen) atoms. The normalized spacial score (nSPS) is 17.0. The first kappa shape index (κ1) is 17.0. The number of anilines is 1. The second-order valence-corrected chi connectivity index (χ2v) is 7.62. The number of hydrogen-bond donors (Lipinski definition) is 1. The Morgan fingerprint density at radius 1 is 1.32 bits per heavy atom. The van der Waals surface area contributed by atoms with E-state index in [1.807, 2.05) is 13.8 Å². The van der Waals surface area contributed by atoms with Crippen molar-refractivity contribution in [3.63, 3.8) is 0 Å². The highest BCUT2D eigenvalue weighted by Gasteiger charge is 2.22. The van der Waals surface area contributed by atoms with Gasteiger partial charge >= 0.3 is 0 Å². The molecule has 1 aliphatic rings. The number of rotatable bonds is 5. The van der Waals surface area contributed by atoms with Crippen LogP contribution in [0.1, 0.15) is 45.1 Å². The van der Waals surface area contributed by atoms with Gasteiger partial charge in [-0.15, -0.1) is 0 Å². The minimum Gasteiger partial charge on any atom is -0.315 e. The summed E-state index contributed by atoms with van der Waals surface area (Å²) in [6.07, 6.45) is 3.71. The first-order chi connectivity index (χ1) is 10.3. The molecule has 0 unspecified atom stereocenters. The molecule has 1 aliphatic heterocycles. The van der Waals surface area contributed by atoms with Crippen molar-refractivity contribution in [2.75, 3.05) is 11.9 Å². The van der Waals surface area contributed by atoms with E-state index in [-0.39, 0.29) is 16.8 Å². The van der Waals surface area contributed by atoms with Crippen LogP contribution in [0.5, 0.6) is 0 Å². The van der Waals surface area contributed by atoms with E-state index in [1.165, 1.54) is 0 Å². The van der Waals surface area contributed by atoms with Gasteiger partial charge < -0.3 is 4.90 Å². The van der Waals surface area contributed by atoms with Gasteiger partial charge in [0.15, 0.2) is 0 Å². The van der Waals surface area contributed by atoms with Gasteiger partial charge in [0.1, 0.15) is 0 Å². The first-order valence-electron chi connectivity index (χ1n) is 7.77. The lowest BCUT2D eigenvalue weighted by Crippen LogP contribution is -2.32. The lowest BCUT2D eigenvalue weighted by molar-refractivity contribution is -0.118. The van der Waals surface area contributed by atoms with Crippen LogP contribution in [0, 0.1) is 0 Å². The van der Waals surface area contributed by atoms with E-state index in [1.54, 1.807) is 30.1 Å². The molecule has 0 fully saturated rings. The standard InChI is InChI=1S/C16H24N2O3S/c1-4-6-12(2)17-22(20,21)14-9-10-15-13(11-14)7-5-8-16(19)18(15)3/h9-12,17H,4-8H2,1-3H3/t12-/m0/s1. The Morgan fingerprint density at radius 2 is 2.05 bits per heavy atom. The molecular weight excluding hydrogens is 300 g/mol. The first-order valence-corrected chi connectivity index (χ1v) is 9.25. The Balaban J connectivity index is 2.31. The van der Waals surface area contributed by atoms with Gasteiger partial charge in [-0.25, -0.2) is 13.1 Å². The van der Waals surface area contributed by atoms with E-state index in [4.69, 9.17) is 0 Å². The number of carbonyl (C=O) groups excluding carboxylic acids is 1. The predicted octanol–water partition coefficient (Wildman–Crippen LogP) is 2.45. The van der Waals surface area contributed by atoms with Gasteiger partial charge in [0.05, 0.1) is 4.90 Å². The number of hydrogen-bond acceptors (Lipinski definition) is 3. The van der Waals surface area contributed by atoms with Crippen LogP contribution in [0.25, 0.3) is 0 Å². The van der Waals surface area contributed by atoms with Crippen LogP contribution in [0.3, 0.4) is 0 Å². The number of benzene rings is 1. The fraction of sp³-hybridized carbons (Fsp3) is 0.562. The van der Waals surface area contributed by atoms with Crippen molar-refractivity contribution < 1.29 is 13.2 Å². The maximum atomic E-state index is 12.4. The average Bonchev–Trinajstić information content (AvgIpc) is 2.58. The van der Waals surface area contributed by atoms with Gasteiger partial charge in [0.25, 0.3) is 0 Å². The Kier molecular flexibility index (Phi) is 5.24. The topological polar surface area (TPSA) is 66.5 Å². The summed E-state index contributed by atoms with van der Waals surface area (Å²) in [7, 11) is -1.77. The molecule has 1 aromatic carbocycles. The third-order valence-electron chi connectivity index (χ3n) is 4.01. The van der Waals surface area contributed by atoms with Crippen LogP contribution in [0.15, 0.2) is 23.1 Å². The fourth-order valence-corrected chi connectivity index (χ4v) is 4.14. The van der Waals surface area contributed by atoms with E-state index >= 15 is 0 Å². The van der Waals surface area contributed by atoms with Crippen LogP contribution < -0.4 is 9.62 Å². The number of nitrogens with zero attached hydrogens (tertiary/aromatic N) is 1. The minimum atomic E-state index is -3.51. The Labute approximate surface area is 132 Å². The number of fused-ring (bicyclic) bond motifs is 1. The number of aryl methyl sites for hydroxylation is 1. The third kappa shape index (κ3) is 3.67. The Hall–Kier alpha value is -1.40. The van der Waals surface area contributed by atoms with Crippen LogP contribution in [0.4, 0.5) is 5.69 Å². The molecule has 0 radical (unpaired) electrons. The van der Waals surface area contributed by atoms with Crippen molar-refractivity contribution in [3.8, 4) is 0 Å². The summed E-state index contributed by atoms with van der Waals surface area (Å²) < 4.78 is 27.6. The predicted molar refractivity (Wildman–Crippen MR) is 87.5 cm³/mol. The summed E-state index contributed by atoms with van der Waals surface area (Å²) >= 11 is 0. The number of nitrogens with one attached hydrogen (secondary N) is 1. The monoisotopic (exact) mass is 324 g/mol. The summed E-state index contributed by atoms with van der Waals surface area (Å²) in [4.78, 5) is 13.8. The van der Waals surface area contributed by atoms with Gasteiger partial charge in [-0.3, -0.25) is 4.79 Å². The van der Waals surface area contributed by atoms with Crippen LogP contribution in [-0.4, -0.2) is 27.4 Å². The molecule has 1 aromatic rings. The molecule has 0 aliphatic carbocycles. The molecular formula is C16H24N2O3S. The van der Waals surface area contributed by atoms with E-state index in [0.717, 1.165) is 36.9 Å². The molecule has 5 nitrogen and oxygen atoms in total. The van der Waals surface area contributed by atoms with Crippen molar-refractivity contribution in [1.82, 2.24) is 4.72 Å². The molecule has 0 bridgehead atoms. The molecule has 2 rings (SSSR count). The van der Waals surface area contributed by atoms with Crippen LogP contribution in [0.2, 0.25) is 0 Å². The second-order valence-electron chi connectivity index (χ2n) is 5.91. The lowest BCUT2D eigenvalue weighted by Gasteiger charge is -2.19. The summed E-state index contributed by atoms with van der Waals surface area (Å²) in [5.41, 5.74) is 1.72. The summed E-state index contributed by atoms with van der Waals surface area (Å²) in [6, 6.07) is 4.93. The molecule has 6 heteroatoms. The zero-order valence-electron chi connectivity index (χ0n) is 13.4. The second kappa shape index (κ2) is 6.79. The van der Waals surface area contributed by atoms with Crippen LogP contribution in [-0.2, 0) is 21.2 Å². The van der Waals surface area contributed by atoms with Gasteiger partial charge in [-0.05, 0) is 49.9 Å². The summed E-state index contributed by atoms with van der Waals surface area (Å²) in [6.45, 7) is 3.90. The molecule has 1 amide bonds. The van der Waals surface area contributed by atoms with Gasteiger partial charge in [0.2, 0.25) is 15.9 Å². The van der Waals surface area contributed by atoms with Crippen LogP contribution >= 0.6 is 0 Å². The summed E-state index contributed by atoms with van der Waals surface area (Å²) in [5.74, 6) is 0.0732. The zero-order chi connectivity index (χ0) is 16.3. The smallest absolute Gasteiger partial charge is 0.240 e. The van der Waals surface area contributed by atoms with E-state index in [2.05, 4.69) is 4.72 Å². The third-order valence-corrected chi connectivity index (χ3v) is 5.60. The highest BCUT2D eigenvalue weighted by Crippen LogP contribution is 2.28. The van der Waals surface area contributed by atoms with Gasteiger partial charge in [0, 0.05) is 25.2 Å². The minimum absolute atomic E-state index is 0.0732. The Bertz CT molecular complexity index is 655. The Morgan fingerprint density at radius 3 is 2.73 bits per heavy atom. The quantitative estimate of drug-likeness (QED) is 0.904.